The lowest BCUT2D eigenvalue weighted by molar-refractivity contribution is -0.123. The Morgan fingerprint density at radius 3 is 2.88 bits per heavy atom. The fourth-order valence-corrected chi connectivity index (χ4v) is 3.35. The van der Waals surface area contributed by atoms with Gasteiger partial charge in [-0.15, -0.1) is 0 Å². The fourth-order valence-electron chi connectivity index (χ4n) is 3.35. The van der Waals surface area contributed by atoms with E-state index in [1.165, 1.54) is 0 Å². The van der Waals surface area contributed by atoms with Crippen LogP contribution in [-0.4, -0.2) is 30.3 Å². The second-order valence-corrected chi connectivity index (χ2v) is 7.43. The van der Waals surface area contributed by atoms with Crippen molar-refractivity contribution in [3.63, 3.8) is 0 Å². The average molecular weight is 332 g/mol. The third-order valence-corrected chi connectivity index (χ3v) is 4.90. The molecule has 2 aliphatic heterocycles. The molecule has 1 fully saturated rings. The summed E-state index contributed by atoms with van der Waals surface area (Å²) in [6.45, 7) is 9.23. The zero-order valence-electron chi connectivity index (χ0n) is 15.0. The molecule has 2 N–H and O–H groups in total. The molecule has 3 unspecified atom stereocenters. The third kappa shape index (κ3) is 3.73. The summed E-state index contributed by atoms with van der Waals surface area (Å²) in [7, 11) is 0. The molecule has 0 aliphatic carbocycles. The van der Waals surface area contributed by atoms with E-state index in [4.69, 9.17) is 9.47 Å². The summed E-state index contributed by atoms with van der Waals surface area (Å²) in [4.78, 5) is 11.8. The zero-order valence-corrected chi connectivity index (χ0v) is 15.0. The van der Waals surface area contributed by atoms with Crippen LogP contribution in [0.1, 0.15) is 58.6 Å². The van der Waals surface area contributed by atoms with Gasteiger partial charge in [-0.25, -0.2) is 0 Å². The van der Waals surface area contributed by atoms with E-state index in [9.17, 15) is 4.79 Å². The van der Waals surface area contributed by atoms with E-state index in [-0.39, 0.29) is 23.7 Å². The van der Waals surface area contributed by atoms with Gasteiger partial charge in [-0.05, 0) is 57.7 Å². The number of carbonyl (C=O) groups is 1. The van der Waals surface area contributed by atoms with Crippen LogP contribution in [0.15, 0.2) is 18.2 Å². The highest BCUT2D eigenvalue weighted by Gasteiger charge is 2.31. The van der Waals surface area contributed by atoms with Gasteiger partial charge in [-0.1, -0.05) is 13.0 Å². The first-order valence-electron chi connectivity index (χ1n) is 8.90. The van der Waals surface area contributed by atoms with Gasteiger partial charge >= 0.3 is 0 Å². The first kappa shape index (κ1) is 17.2. The van der Waals surface area contributed by atoms with E-state index in [0.717, 1.165) is 36.4 Å². The van der Waals surface area contributed by atoms with Gasteiger partial charge in [0.15, 0.2) is 6.10 Å². The van der Waals surface area contributed by atoms with Crippen LogP contribution < -0.4 is 15.4 Å². The van der Waals surface area contributed by atoms with Gasteiger partial charge in [0.2, 0.25) is 0 Å². The van der Waals surface area contributed by atoms with Crippen molar-refractivity contribution in [3.8, 4) is 5.75 Å². The minimum Gasteiger partial charge on any atom is -0.478 e. The highest BCUT2D eigenvalue weighted by molar-refractivity contribution is 5.97. The molecule has 0 spiro atoms. The second-order valence-electron chi connectivity index (χ2n) is 7.43. The molecule has 0 saturated carbocycles. The number of ether oxygens (including phenoxy) is 2. The lowest BCUT2D eigenvalue weighted by Gasteiger charge is -2.26. The number of fused-ring (bicyclic) bond motifs is 1. The molecule has 0 bridgehead atoms. The Labute approximate surface area is 144 Å². The number of benzene rings is 1. The number of amides is 1. The van der Waals surface area contributed by atoms with Crippen LogP contribution in [0.25, 0.3) is 0 Å². The van der Waals surface area contributed by atoms with Gasteiger partial charge in [-0.3, -0.25) is 4.79 Å². The first-order valence-corrected chi connectivity index (χ1v) is 8.90. The van der Waals surface area contributed by atoms with Gasteiger partial charge in [0, 0.05) is 12.6 Å². The monoisotopic (exact) mass is 332 g/mol. The quantitative estimate of drug-likeness (QED) is 0.867. The summed E-state index contributed by atoms with van der Waals surface area (Å²) < 4.78 is 11.9. The number of hydrogen-bond donors (Lipinski definition) is 2. The molecule has 3 atom stereocenters. The van der Waals surface area contributed by atoms with E-state index in [2.05, 4.69) is 31.4 Å². The largest absolute Gasteiger partial charge is 0.478 e. The Morgan fingerprint density at radius 2 is 2.21 bits per heavy atom. The minimum absolute atomic E-state index is 0.00260. The number of rotatable bonds is 5. The molecule has 2 heterocycles. The molecule has 1 amide bonds. The van der Waals surface area contributed by atoms with Crippen molar-refractivity contribution < 1.29 is 14.3 Å². The lowest BCUT2D eigenvalue weighted by Crippen LogP contribution is -2.36. The molecule has 1 saturated heterocycles. The normalized spacial score (nSPS) is 26.4. The van der Waals surface area contributed by atoms with Crippen LogP contribution in [0.4, 0.5) is 5.69 Å². The van der Waals surface area contributed by atoms with Gasteiger partial charge in [-0.2, -0.15) is 0 Å². The van der Waals surface area contributed by atoms with Gasteiger partial charge in [0.05, 0.1) is 17.4 Å². The number of hydrogen-bond acceptors (Lipinski definition) is 4. The topological polar surface area (TPSA) is 59.6 Å². The van der Waals surface area contributed by atoms with E-state index in [1.54, 1.807) is 0 Å². The molecular formula is C19H28N2O3. The molecule has 0 radical (unpaired) electrons. The highest BCUT2D eigenvalue weighted by Crippen LogP contribution is 2.33. The van der Waals surface area contributed by atoms with Crippen molar-refractivity contribution in [2.24, 2.45) is 0 Å². The van der Waals surface area contributed by atoms with Crippen molar-refractivity contribution in [2.75, 3.05) is 11.9 Å². The van der Waals surface area contributed by atoms with Crippen LogP contribution in [0.5, 0.6) is 5.75 Å². The van der Waals surface area contributed by atoms with Crippen LogP contribution >= 0.6 is 0 Å². The molecule has 5 heteroatoms. The molecule has 1 aromatic rings. The first-order chi connectivity index (χ1) is 11.4. The summed E-state index contributed by atoms with van der Waals surface area (Å²) in [5.41, 5.74) is 1.90. The summed E-state index contributed by atoms with van der Waals surface area (Å²) >= 11 is 0. The molecule has 24 heavy (non-hydrogen) atoms. The van der Waals surface area contributed by atoms with E-state index in [0.29, 0.717) is 6.42 Å². The van der Waals surface area contributed by atoms with Crippen molar-refractivity contribution in [1.29, 1.82) is 0 Å². The Kier molecular flexibility index (Phi) is 4.83. The van der Waals surface area contributed by atoms with E-state index in [1.807, 2.05) is 25.1 Å². The van der Waals surface area contributed by atoms with Crippen LogP contribution in [0, 0.1) is 0 Å². The molecule has 0 aromatic heterocycles. The molecular weight excluding hydrogens is 304 g/mol. The van der Waals surface area contributed by atoms with Crippen LogP contribution in [-0.2, 0) is 9.53 Å². The fraction of sp³-hybridized carbons (Fsp3) is 0.632. The Bertz CT molecular complexity index is 615. The van der Waals surface area contributed by atoms with Gasteiger partial charge in [0.25, 0.3) is 5.91 Å². The third-order valence-electron chi connectivity index (χ3n) is 4.90. The molecule has 5 nitrogen and oxygen atoms in total. The van der Waals surface area contributed by atoms with Crippen molar-refractivity contribution in [1.82, 2.24) is 5.32 Å². The number of nitrogens with one attached hydrogen (secondary N) is 2. The zero-order chi connectivity index (χ0) is 17.3. The Morgan fingerprint density at radius 1 is 1.42 bits per heavy atom. The standard InChI is InChI=1S/C19H28N2O3/c1-5-16-18(22)21-15-7-6-13(10-17(15)23-16)12(2)20-11-14-8-9-19(3,4)24-14/h6-7,10,12,14,16,20H,5,8-9,11H2,1-4H3,(H,21,22). The Hall–Kier alpha value is -1.59. The summed E-state index contributed by atoms with van der Waals surface area (Å²) in [5.74, 6) is 0.691. The van der Waals surface area contributed by atoms with Crippen molar-refractivity contribution >= 4 is 11.6 Å². The maximum Gasteiger partial charge on any atom is 0.265 e. The average Bonchev–Trinajstić information content (AvgIpc) is 2.90. The maximum absolute atomic E-state index is 11.8. The van der Waals surface area contributed by atoms with Crippen LogP contribution in [0.3, 0.4) is 0 Å². The maximum atomic E-state index is 11.8. The summed E-state index contributed by atoms with van der Waals surface area (Å²) in [6, 6.07) is 6.17. The minimum atomic E-state index is -0.398. The number of anilines is 1. The predicted molar refractivity (Wildman–Crippen MR) is 94.4 cm³/mol. The Balaban J connectivity index is 1.62. The SMILES string of the molecule is CCC1Oc2cc(C(C)NCC3CCC(C)(C)O3)ccc2NC1=O. The highest BCUT2D eigenvalue weighted by atomic mass is 16.5. The smallest absolute Gasteiger partial charge is 0.265 e. The summed E-state index contributed by atoms with van der Waals surface area (Å²) in [5, 5.41) is 6.46. The molecule has 2 aliphatic rings. The molecule has 132 valence electrons. The summed E-state index contributed by atoms with van der Waals surface area (Å²) in [6.07, 6.45) is 2.76. The van der Waals surface area contributed by atoms with E-state index < -0.39 is 6.10 Å². The molecule has 1 aromatic carbocycles. The van der Waals surface area contributed by atoms with Gasteiger partial charge < -0.3 is 20.1 Å². The van der Waals surface area contributed by atoms with Crippen molar-refractivity contribution in [3.05, 3.63) is 23.8 Å². The van der Waals surface area contributed by atoms with Crippen LogP contribution in [0.2, 0.25) is 0 Å². The lowest BCUT2D eigenvalue weighted by atomic mass is 10.0. The van der Waals surface area contributed by atoms with Crippen molar-refractivity contribution in [2.45, 2.75) is 70.8 Å². The molecule has 3 rings (SSSR count). The van der Waals surface area contributed by atoms with E-state index >= 15 is 0 Å². The predicted octanol–water partition coefficient (Wildman–Crippen LogP) is 3.40. The number of carbonyl (C=O) groups excluding carboxylic acids is 1. The second kappa shape index (κ2) is 6.73. The van der Waals surface area contributed by atoms with Gasteiger partial charge in [0.1, 0.15) is 5.75 Å².